The second kappa shape index (κ2) is 2.81. The topological polar surface area (TPSA) is 0 Å². The molecule has 1 aromatic rings. The fraction of sp³-hybridized carbons (Fsp3) is 0.143. The summed E-state index contributed by atoms with van der Waals surface area (Å²) in [6.45, 7) is 0. The zero-order valence-electron chi connectivity index (χ0n) is 6.24. The lowest BCUT2D eigenvalue weighted by Crippen LogP contribution is -2.21. The van der Waals surface area contributed by atoms with E-state index in [1.54, 1.807) is 0 Å². The van der Waals surface area contributed by atoms with Gasteiger partial charge in [-0.15, -0.1) is 0 Å². The molecule has 0 nitrogen and oxygen atoms in total. The summed E-state index contributed by atoms with van der Waals surface area (Å²) in [7, 11) is 1.23. The van der Waals surface area contributed by atoms with E-state index in [0.717, 1.165) is 6.07 Å². The van der Waals surface area contributed by atoms with Crippen LogP contribution in [0.5, 0.6) is 0 Å². The molecule has 0 saturated heterocycles. The summed E-state index contributed by atoms with van der Waals surface area (Å²) in [5, 5.41) is 0. The summed E-state index contributed by atoms with van der Waals surface area (Å²) >= 11 is 0. The molecule has 1 aromatic carbocycles. The quantitative estimate of drug-likeness (QED) is 0.410. The second-order valence-electron chi connectivity index (χ2n) is 2.43. The normalized spacial score (nSPS) is 11.7. The van der Waals surface area contributed by atoms with Gasteiger partial charge >= 0.3 is 6.18 Å². The molecule has 64 valence electrons. The number of alkyl halides is 3. The van der Waals surface area contributed by atoms with Crippen LogP contribution in [-0.2, 0) is 6.18 Å². The molecule has 0 heterocycles. The van der Waals surface area contributed by atoms with Gasteiger partial charge in [0, 0.05) is 0 Å². The van der Waals surface area contributed by atoms with E-state index in [1.807, 2.05) is 0 Å². The van der Waals surface area contributed by atoms with Gasteiger partial charge in [-0.2, -0.15) is 13.2 Å². The summed E-state index contributed by atoms with van der Waals surface area (Å²) in [6, 6.07) is 3.28. The Bertz CT molecular complexity index is 272. The molecule has 12 heavy (non-hydrogen) atoms. The lowest BCUT2D eigenvalue weighted by molar-refractivity contribution is -0.139. The lowest BCUT2D eigenvalue weighted by Gasteiger charge is -2.10. The highest BCUT2D eigenvalue weighted by Crippen LogP contribution is 2.29. The molecule has 0 aliphatic carbocycles. The van der Waals surface area contributed by atoms with Crippen LogP contribution in [0, 0.1) is 5.82 Å². The molecule has 0 spiro atoms. The number of hydrogen-bond donors (Lipinski definition) is 0. The molecule has 0 N–H and O–H groups in total. The van der Waals surface area contributed by atoms with Gasteiger partial charge in [0.1, 0.15) is 13.7 Å². The first kappa shape index (κ1) is 9.10. The van der Waals surface area contributed by atoms with Gasteiger partial charge in [0.2, 0.25) is 0 Å². The molecule has 1 rings (SSSR count). The molecule has 0 amide bonds. The standard InChI is InChI=1S/C7H5BF4/c8-4-2-1-3-5(9)6(4)7(10,11)12/h1-3H,8H2. The minimum atomic E-state index is -4.60. The second-order valence-corrected chi connectivity index (χ2v) is 2.43. The van der Waals surface area contributed by atoms with Gasteiger partial charge in [-0.3, -0.25) is 0 Å². The van der Waals surface area contributed by atoms with Crippen molar-refractivity contribution >= 4 is 13.3 Å². The third-order valence-corrected chi connectivity index (χ3v) is 1.51. The van der Waals surface area contributed by atoms with Gasteiger partial charge in [0.05, 0.1) is 5.56 Å². The maximum Gasteiger partial charge on any atom is 0.418 e. The van der Waals surface area contributed by atoms with Crippen molar-refractivity contribution < 1.29 is 17.6 Å². The Kier molecular flexibility index (Phi) is 2.13. The van der Waals surface area contributed by atoms with Gasteiger partial charge < -0.3 is 0 Å². The van der Waals surface area contributed by atoms with Crippen LogP contribution in [0.2, 0.25) is 0 Å². The number of halogens is 4. The maximum atomic E-state index is 12.6. The van der Waals surface area contributed by atoms with Crippen LogP contribution in [0.15, 0.2) is 18.2 Å². The van der Waals surface area contributed by atoms with Crippen molar-refractivity contribution in [1.82, 2.24) is 0 Å². The fourth-order valence-electron chi connectivity index (χ4n) is 0.991. The Morgan fingerprint density at radius 3 is 2.08 bits per heavy atom. The van der Waals surface area contributed by atoms with Crippen LogP contribution in [0.1, 0.15) is 5.56 Å². The molecule has 0 saturated carbocycles. The Hall–Kier alpha value is -0.995. The first-order chi connectivity index (χ1) is 5.43. The zero-order valence-corrected chi connectivity index (χ0v) is 6.24. The van der Waals surface area contributed by atoms with Crippen molar-refractivity contribution in [2.45, 2.75) is 6.18 Å². The van der Waals surface area contributed by atoms with Crippen molar-refractivity contribution in [3.05, 3.63) is 29.6 Å². The van der Waals surface area contributed by atoms with E-state index in [1.165, 1.54) is 20.0 Å². The van der Waals surface area contributed by atoms with Crippen molar-refractivity contribution in [3.8, 4) is 0 Å². The fourth-order valence-corrected chi connectivity index (χ4v) is 0.991. The number of benzene rings is 1. The maximum absolute atomic E-state index is 12.6. The summed E-state index contributed by atoms with van der Waals surface area (Å²) < 4.78 is 48.8. The highest BCUT2D eigenvalue weighted by molar-refractivity contribution is 6.33. The molecule has 0 fully saturated rings. The predicted molar refractivity (Wildman–Crippen MR) is 39.6 cm³/mol. The smallest absolute Gasteiger partial charge is 0.206 e. The molecular weight excluding hydrogens is 171 g/mol. The molecule has 0 aliphatic rings. The Labute approximate surface area is 67.6 Å². The SMILES string of the molecule is Bc1cccc(F)c1C(F)(F)F. The monoisotopic (exact) mass is 176 g/mol. The van der Waals surface area contributed by atoms with Crippen molar-refractivity contribution in [3.63, 3.8) is 0 Å². The van der Waals surface area contributed by atoms with E-state index in [9.17, 15) is 17.6 Å². The van der Waals surface area contributed by atoms with Crippen LogP contribution in [0.3, 0.4) is 0 Å². The zero-order chi connectivity index (χ0) is 9.35. The molecule has 0 aliphatic heterocycles. The van der Waals surface area contributed by atoms with Crippen LogP contribution < -0.4 is 5.46 Å². The minimum absolute atomic E-state index is 0.0949. The van der Waals surface area contributed by atoms with E-state index in [2.05, 4.69) is 0 Å². The largest absolute Gasteiger partial charge is 0.418 e. The van der Waals surface area contributed by atoms with Gasteiger partial charge in [-0.25, -0.2) is 4.39 Å². The number of rotatable bonds is 0. The summed E-state index contributed by atoms with van der Waals surface area (Å²) in [5.74, 6) is -1.22. The summed E-state index contributed by atoms with van der Waals surface area (Å²) in [4.78, 5) is 0. The Balaban J connectivity index is 3.31. The molecule has 0 unspecified atom stereocenters. The van der Waals surface area contributed by atoms with Gasteiger partial charge in [0.25, 0.3) is 0 Å². The molecule has 0 radical (unpaired) electrons. The first-order valence-electron chi connectivity index (χ1n) is 3.25. The van der Waals surface area contributed by atoms with Gasteiger partial charge in [-0.1, -0.05) is 17.6 Å². The first-order valence-corrected chi connectivity index (χ1v) is 3.25. The van der Waals surface area contributed by atoms with Crippen molar-refractivity contribution in [2.75, 3.05) is 0 Å². The van der Waals surface area contributed by atoms with E-state index >= 15 is 0 Å². The van der Waals surface area contributed by atoms with Crippen LogP contribution in [0.4, 0.5) is 17.6 Å². The predicted octanol–water partition coefficient (Wildman–Crippen LogP) is 1.10. The van der Waals surface area contributed by atoms with Gasteiger partial charge in [0.15, 0.2) is 0 Å². The van der Waals surface area contributed by atoms with Gasteiger partial charge in [-0.05, 0) is 6.07 Å². The minimum Gasteiger partial charge on any atom is -0.206 e. The van der Waals surface area contributed by atoms with E-state index in [4.69, 9.17) is 0 Å². The Morgan fingerprint density at radius 1 is 1.17 bits per heavy atom. The summed E-state index contributed by atoms with van der Waals surface area (Å²) in [6.07, 6.45) is -4.60. The van der Waals surface area contributed by atoms with E-state index in [-0.39, 0.29) is 5.46 Å². The summed E-state index contributed by atoms with van der Waals surface area (Å²) in [5.41, 5.74) is -1.27. The molecular formula is C7H5BF4. The van der Waals surface area contributed by atoms with Crippen LogP contribution >= 0.6 is 0 Å². The van der Waals surface area contributed by atoms with Crippen LogP contribution in [-0.4, -0.2) is 7.85 Å². The Morgan fingerprint density at radius 2 is 1.75 bits per heavy atom. The number of hydrogen-bond acceptors (Lipinski definition) is 0. The highest BCUT2D eigenvalue weighted by Gasteiger charge is 2.35. The molecule has 5 heteroatoms. The van der Waals surface area contributed by atoms with E-state index in [0.29, 0.717) is 0 Å². The lowest BCUT2D eigenvalue weighted by atomic mass is 9.90. The third-order valence-electron chi connectivity index (χ3n) is 1.51. The van der Waals surface area contributed by atoms with Crippen molar-refractivity contribution in [1.29, 1.82) is 0 Å². The van der Waals surface area contributed by atoms with Crippen molar-refractivity contribution in [2.24, 2.45) is 0 Å². The third kappa shape index (κ3) is 1.60. The average Bonchev–Trinajstić information content (AvgIpc) is 1.82. The average molecular weight is 176 g/mol. The highest BCUT2D eigenvalue weighted by atomic mass is 19.4. The molecule has 0 aromatic heterocycles. The van der Waals surface area contributed by atoms with E-state index < -0.39 is 17.6 Å². The molecule has 0 atom stereocenters. The molecule has 0 bridgehead atoms. The van der Waals surface area contributed by atoms with Crippen LogP contribution in [0.25, 0.3) is 0 Å².